The Hall–Kier alpha value is -0.960. The lowest BCUT2D eigenvalue weighted by Crippen LogP contribution is -2.37. The molecule has 1 saturated carbocycles. The third-order valence-electron chi connectivity index (χ3n) is 3.82. The predicted octanol–water partition coefficient (Wildman–Crippen LogP) is 4.02. The summed E-state index contributed by atoms with van der Waals surface area (Å²) in [5.41, 5.74) is 0.773. The van der Waals surface area contributed by atoms with Gasteiger partial charge in [-0.25, -0.2) is 8.78 Å². The maximum atomic E-state index is 13.5. The molecule has 0 aromatic heterocycles. The van der Waals surface area contributed by atoms with E-state index in [1.54, 1.807) is 12.1 Å². The Kier molecular flexibility index (Phi) is 4.00. The first-order valence-corrected chi connectivity index (χ1v) is 6.64. The van der Waals surface area contributed by atoms with Crippen LogP contribution < -0.4 is 5.32 Å². The lowest BCUT2D eigenvalue weighted by atomic mass is 9.75. The van der Waals surface area contributed by atoms with Crippen molar-refractivity contribution < 1.29 is 8.78 Å². The minimum absolute atomic E-state index is 0.358. The molecule has 0 saturated heterocycles. The summed E-state index contributed by atoms with van der Waals surface area (Å²) in [6, 6.07) is 4.76. The number of halogens is 2. The van der Waals surface area contributed by atoms with E-state index in [-0.39, 0.29) is 0 Å². The Labute approximate surface area is 108 Å². The largest absolute Gasteiger partial charge is 0.310 e. The van der Waals surface area contributed by atoms with Gasteiger partial charge < -0.3 is 5.32 Å². The van der Waals surface area contributed by atoms with E-state index in [1.165, 1.54) is 12.8 Å². The first-order valence-electron chi connectivity index (χ1n) is 6.64. The van der Waals surface area contributed by atoms with E-state index in [0.29, 0.717) is 23.6 Å². The van der Waals surface area contributed by atoms with Crippen molar-refractivity contribution in [3.63, 3.8) is 0 Å². The Morgan fingerprint density at radius 1 is 1.33 bits per heavy atom. The van der Waals surface area contributed by atoms with Crippen LogP contribution in [0.3, 0.4) is 0 Å². The van der Waals surface area contributed by atoms with E-state index >= 15 is 0 Å². The molecule has 1 aliphatic rings. The number of benzene rings is 1. The second-order valence-electron chi connectivity index (χ2n) is 6.05. The van der Waals surface area contributed by atoms with Crippen molar-refractivity contribution in [2.75, 3.05) is 0 Å². The molecule has 1 atom stereocenters. The van der Waals surface area contributed by atoms with Crippen molar-refractivity contribution in [3.05, 3.63) is 35.4 Å². The molecule has 0 radical (unpaired) electrons. The Morgan fingerprint density at radius 2 is 2.11 bits per heavy atom. The standard InChI is InChI=1S/C15H21F2N/c1-15(2)8-4-6-12(9-15)18-10-11-5-3-7-13(16)14(11)17/h3,5,7,12,18H,4,6,8-10H2,1-2H3. The van der Waals surface area contributed by atoms with Gasteiger partial charge in [0.25, 0.3) is 0 Å². The first kappa shape index (κ1) is 13.5. The monoisotopic (exact) mass is 253 g/mol. The fourth-order valence-corrected chi connectivity index (χ4v) is 2.81. The average molecular weight is 253 g/mol. The van der Waals surface area contributed by atoms with E-state index in [4.69, 9.17) is 0 Å². The second-order valence-corrected chi connectivity index (χ2v) is 6.05. The van der Waals surface area contributed by atoms with E-state index in [9.17, 15) is 8.78 Å². The topological polar surface area (TPSA) is 12.0 Å². The second kappa shape index (κ2) is 5.35. The van der Waals surface area contributed by atoms with Crippen LogP contribution in [0.4, 0.5) is 8.78 Å². The molecular weight excluding hydrogens is 232 g/mol. The summed E-state index contributed by atoms with van der Waals surface area (Å²) >= 11 is 0. The zero-order valence-electron chi connectivity index (χ0n) is 11.1. The summed E-state index contributed by atoms with van der Waals surface area (Å²) in [6.45, 7) is 4.94. The molecule has 1 aromatic rings. The highest BCUT2D eigenvalue weighted by molar-refractivity contribution is 5.18. The van der Waals surface area contributed by atoms with Crippen LogP contribution in [0.2, 0.25) is 0 Å². The highest BCUT2D eigenvalue weighted by Gasteiger charge is 2.27. The lowest BCUT2D eigenvalue weighted by molar-refractivity contribution is 0.197. The molecule has 0 heterocycles. The van der Waals surface area contributed by atoms with Crippen molar-refractivity contribution in [2.45, 2.75) is 52.1 Å². The van der Waals surface area contributed by atoms with Crippen molar-refractivity contribution in [2.24, 2.45) is 5.41 Å². The maximum absolute atomic E-state index is 13.5. The third-order valence-corrected chi connectivity index (χ3v) is 3.82. The third kappa shape index (κ3) is 3.29. The first-order chi connectivity index (χ1) is 8.48. The minimum atomic E-state index is -0.765. The molecule has 1 aromatic carbocycles. The molecule has 1 unspecified atom stereocenters. The van der Waals surface area contributed by atoms with Crippen LogP contribution in [0.25, 0.3) is 0 Å². The molecule has 1 N–H and O–H groups in total. The fraction of sp³-hybridized carbons (Fsp3) is 0.600. The zero-order chi connectivity index (χ0) is 13.2. The molecule has 0 amide bonds. The van der Waals surface area contributed by atoms with Crippen molar-refractivity contribution in [3.8, 4) is 0 Å². The summed E-state index contributed by atoms with van der Waals surface area (Å²) in [5, 5.41) is 3.35. The molecular formula is C15H21F2N. The van der Waals surface area contributed by atoms with Gasteiger partial charge in [-0.05, 0) is 30.7 Å². The summed E-state index contributed by atoms with van der Waals surface area (Å²) < 4.78 is 26.6. The predicted molar refractivity (Wildman–Crippen MR) is 69.2 cm³/mol. The van der Waals surface area contributed by atoms with Gasteiger partial charge in [-0.15, -0.1) is 0 Å². The van der Waals surface area contributed by atoms with E-state index in [1.807, 2.05) is 0 Å². The maximum Gasteiger partial charge on any atom is 0.163 e. The average Bonchev–Trinajstić information content (AvgIpc) is 2.30. The Morgan fingerprint density at radius 3 is 2.83 bits per heavy atom. The molecule has 100 valence electrons. The van der Waals surface area contributed by atoms with E-state index in [2.05, 4.69) is 19.2 Å². The number of rotatable bonds is 3. The molecule has 0 bridgehead atoms. The van der Waals surface area contributed by atoms with Crippen LogP contribution in [0.5, 0.6) is 0 Å². The summed E-state index contributed by atoms with van der Waals surface area (Å²) in [5.74, 6) is -1.49. The Balaban J connectivity index is 1.93. The quantitative estimate of drug-likeness (QED) is 0.857. The highest BCUT2D eigenvalue weighted by Crippen LogP contribution is 2.35. The van der Waals surface area contributed by atoms with E-state index in [0.717, 1.165) is 18.9 Å². The highest BCUT2D eigenvalue weighted by atomic mass is 19.2. The van der Waals surface area contributed by atoms with Gasteiger partial charge in [0.05, 0.1) is 0 Å². The van der Waals surface area contributed by atoms with Crippen LogP contribution in [0.15, 0.2) is 18.2 Å². The molecule has 1 fully saturated rings. The van der Waals surface area contributed by atoms with Crippen LogP contribution in [0.1, 0.15) is 45.1 Å². The Bertz CT molecular complexity index is 415. The van der Waals surface area contributed by atoms with Crippen LogP contribution in [0, 0.1) is 17.0 Å². The lowest BCUT2D eigenvalue weighted by Gasteiger charge is -2.35. The summed E-state index contributed by atoms with van der Waals surface area (Å²) in [7, 11) is 0. The summed E-state index contributed by atoms with van der Waals surface area (Å²) in [4.78, 5) is 0. The number of hydrogen-bond donors (Lipinski definition) is 1. The van der Waals surface area contributed by atoms with Gasteiger partial charge in [0.15, 0.2) is 11.6 Å². The zero-order valence-corrected chi connectivity index (χ0v) is 11.1. The molecule has 2 rings (SSSR count). The van der Waals surface area contributed by atoms with Gasteiger partial charge in [0.1, 0.15) is 0 Å². The van der Waals surface area contributed by atoms with Crippen LogP contribution in [-0.4, -0.2) is 6.04 Å². The van der Waals surface area contributed by atoms with E-state index < -0.39 is 11.6 Å². The number of nitrogens with one attached hydrogen (secondary N) is 1. The van der Waals surface area contributed by atoms with Gasteiger partial charge in [-0.3, -0.25) is 0 Å². The van der Waals surface area contributed by atoms with Crippen LogP contribution >= 0.6 is 0 Å². The molecule has 0 aliphatic heterocycles. The van der Waals surface area contributed by atoms with Crippen molar-refractivity contribution in [1.29, 1.82) is 0 Å². The number of hydrogen-bond acceptors (Lipinski definition) is 1. The van der Waals surface area contributed by atoms with Gasteiger partial charge >= 0.3 is 0 Å². The van der Waals surface area contributed by atoms with Crippen molar-refractivity contribution in [1.82, 2.24) is 5.32 Å². The van der Waals surface area contributed by atoms with Gasteiger partial charge in [-0.1, -0.05) is 32.4 Å². The SMILES string of the molecule is CC1(C)CCCC(NCc2cccc(F)c2F)C1. The smallest absolute Gasteiger partial charge is 0.163 e. The fourth-order valence-electron chi connectivity index (χ4n) is 2.81. The molecule has 0 spiro atoms. The van der Waals surface area contributed by atoms with Crippen LogP contribution in [-0.2, 0) is 6.54 Å². The molecule has 3 heteroatoms. The molecule has 1 aliphatic carbocycles. The molecule has 1 nitrogen and oxygen atoms in total. The van der Waals surface area contributed by atoms with Gasteiger partial charge in [0.2, 0.25) is 0 Å². The molecule has 18 heavy (non-hydrogen) atoms. The summed E-state index contributed by atoms with van der Waals surface area (Å²) in [6.07, 6.45) is 4.68. The minimum Gasteiger partial charge on any atom is -0.310 e. The van der Waals surface area contributed by atoms with Gasteiger partial charge in [0, 0.05) is 18.2 Å². The van der Waals surface area contributed by atoms with Crippen molar-refractivity contribution >= 4 is 0 Å². The van der Waals surface area contributed by atoms with Gasteiger partial charge in [-0.2, -0.15) is 0 Å². The normalized spacial score (nSPS) is 23.0.